The molecule has 0 saturated carbocycles. The quantitative estimate of drug-likeness (QED) is 0.799. The van der Waals surface area contributed by atoms with Crippen LogP contribution in [0.4, 0.5) is 0 Å². The molecule has 1 aliphatic heterocycles. The molecule has 19 heavy (non-hydrogen) atoms. The van der Waals surface area contributed by atoms with Gasteiger partial charge in [-0.05, 0) is 40.2 Å². The zero-order chi connectivity index (χ0) is 13.2. The third kappa shape index (κ3) is 2.33. The Morgan fingerprint density at radius 1 is 1.11 bits per heavy atom. The fraction of sp³-hybridized carbons (Fsp3) is 0.143. The average Bonchev–Trinajstić information content (AvgIpc) is 2.47. The second-order valence-electron chi connectivity index (χ2n) is 4.04. The summed E-state index contributed by atoms with van der Waals surface area (Å²) < 4.78 is 11.7. The molecule has 5 heteroatoms. The van der Waals surface area contributed by atoms with Gasteiger partial charge in [0.05, 0.1) is 0 Å². The Balaban J connectivity index is 2.03. The van der Waals surface area contributed by atoms with E-state index < -0.39 is 0 Å². The monoisotopic (exact) mass is 319 g/mol. The van der Waals surface area contributed by atoms with Gasteiger partial charge in [0.2, 0.25) is 0 Å². The third-order valence-electron chi connectivity index (χ3n) is 2.82. The van der Waals surface area contributed by atoms with Crippen LogP contribution < -0.4 is 9.47 Å². The summed E-state index contributed by atoms with van der Waals surface area (Å²) in [5.74, 6) is 1.18. The molecule has 0 amide bonds. The van der Waals surface area contributed by atoms with E-state index in [9.17, 15) is 4.79 Å². The number of ether oxygens (including phenoxy) is 2. The summed E-state index contributed by atoms with van der Waals surface area (Å²) in [7, 11) is 0. The maximum Gasteiger partial charge on any atom is 0.194 e. The van der Waals surface area contributed by atoms with Gasteiger partial charge in [0.25, 0.3) is 0 Å². The smallest absolute Gasteiger partial charge is 0.194 e. The highest BCUT2D eigenvalue weighted by atomic mass is 79.9. The molecule has 0 bridgehead atoms. The van der Waals surface area contributed by atoms with Crippen molar-refractivity contribution in [2.45, 2.75) is 0 Å². The van der Waals surface area contributed by atoms with Gasteiger partial charge in [-0.15, -0.1) is 0 Å². The molecule has 4 nitrogen and oxygen atoms in total. The molecule has 0 saturated heterocycles. The minimum Gasteiger partial charge on any atom is -0.486 e. The molecule has 1 aromatic heterocycles. The topological polar surface area (TPSA) is 48.4 Å². The van der Waals surface area contributed by atoms with Gasteiger partial charge in [-0.1, -0.05) is 0 Å². The van der Waals surface area contributed by atoms with Crippen molar-refractivity contribution in [3.8, 4) is 11.5 Å². The minimum absolute atomic E-state index is 0.0775. The molecule has 2 aromatic rings. The molecule has 0 N–H and O–H groups in total. The average molecular weight is 320 g/mol. The summed E-state index contributed by atoms with van der Waals surface area (Å²) >= 11 is 3.40. The second kappa shape index (κ2) is 5.01. The van der Waals surface area contributed by atoms with Crippen molar-refractivity contribution in [2.75, 3.05) is 13.2 Å². The van der Waals surface area contributed by atoms with E-state index in [-0.39, 0.29) is 5.78 Å². The van der Waals surface area contributed by atoms with Crippen LogP contribution in [0.3, 0.4) is 0 Å². The molecule has 0 fully saturated rings. The number of carbonyl (C=O) groups excluding carboxylic acids is 1. The van der Waals surface area contributed by atoms with Crippen LogP contribution in [0.5, 0.6) is 11.5 Å². The van der Waals surface area contributed by atoms with Gasteiger partial charge in [-0.2, -0.15) is 0 Å². The maximum absolute atomic E-state index is 12.4. The zero-order valence-electron chi connectivity index (χ0n) is 9.93. The van der Waals surface area contributed by atoms with Crippen molar-refractivity contribution < 1.29 is 14.3 Å². The standard InChI is InChI=1S/C14H10BrNO3/c15-11-8-13-12(18-5-6-19-13)7-10(11)14(17)9-1-3-16-4-2-9/h1-4,7-8H,5-6H2. The van der Waals surface area contributed by atoms with Crippen LogP contribution in [0.15, 0.2) is 41.1 Å². The van der Waals surface area contributed by atoms with Crippen LogP contribution in [0.2, 0.25) is 0 Å². The lowest BCUT2D eigenvalue weighted by molar-refractivity contribution is 0.103. The van der Waals surface area contributed by atoms with Crippen LogP contribution in [0, 0.1) is 0 Å². The van der Waals surface area contributed by atoms with Crippen molar-refractivity contribution >= 4 is 21.7 Å². The Bertz CT molecular complexity index is 628. The van der Waals surface area contributed by atoms with Gasteiger partial charge in [-0.25, -0.2) is 0 Å². The Morgan fingerprint density at radius 3 is 2.42 bits per heavy atom. The van der Waals surface area contributed by atoms with E-state index in [1.807, 2.05) is 0 Å². The third-order valence-corrected chi connectivity index (χ3v) is 3.48. The summed E-state index contributed by atoms with van der Waals surface area (Å²) in [5.41, 5.74) is 1.14. The highest BCUT2D eigenvalue weighted by Crippen LogP contribution is 2.36. The van der Waals surface area contributed by atoms with E-state index in [1.54, 1.807) is 36.7 Å². The van der Waals surface area contributed by atoms with Crippen LogP contribution >= 0.6 is 15.9 Å². The number of aromatic nitrogens is 1. The molecule has 1 aliphatic rings. The molecular formula is C14H10BrNO3. The van der Waals surface area contributed by atoms with Crippen molar-refractivity contribution in [1.82, 2.24) is 4.98 Å². The molecule has 0 aliphatic carbocycles. The van der Waals surface area contributed by atoms with Gasteiger partial charge in [0.15, 0.2) is 17.3 Å². The Kier molecular flexibility index (Phi) is 3.21. The van der Waals surface area contributed by atoms with E-state index in [1.165, 1.54) is 0 Å². The predicted molar refractivity (Wildman–Crippen MR) is 72.8 cm³/mol. The van der Waals surface area contributed by atoms with Crippen molar-refractivity contribution in [2.24, 2.45) is 0 Å². The van der Waals surface area contributed by atoms with E-state index >= 15 is 0 Å². The lowest BCUT2D eigenvalue weighted by atomic mass is 10.0. The molecule has 96 valence electrons. The van der Waals surface area contributed by atoms with E-state index in [2.05, 4.69) is 20.9 Å². The first-order valence-corrected chi connectivity index (χ1v) is 6.59. The number of hydrogen-bond acceptors (Lipinski definition) is 4. The van der Waals surface area contributed by atoms with E-state index in [0.29, 0.717) is 40.3 Å². The summed E-state index contributed by atoms with van der Waals surface area (Å²) in [6, 6.07) is 6.85. The number of hydrogen-bond donors (Lipinski definition) is 0. The predicted octanol–water partition coefficient (Wildman–Crippen LogP) is 2.85. The Hall–Kier alpha value is -1.88. The number of fused-ring (bicyclic) bond motifs is 1. The molecule has 0 radical (unpaired) electrons. The van der Waals surface area contributed by atoms with Crippen LogP contribution in [0.1, 0.15) is 15.9 Å². The largest absolute Gasteiger partial charge is 0.486 e. The van der Waals surface area contributed by atoms with E-state index in [4.69, 9.17) is 9.47 Å². The Morgan fingerprint density at radius 2 is 1.74 bits per heavy atom. The van der Waals surface area contributed by atoms with Gasteiger partial charge in [-0.3, -0.25) is 9.78 Å². The fourth-order valence-corrected chi connectivity index (χ4v) is 2.40. The van der Waals surface area contributed by atoms with Gasteiger partial charge >= 0.3 is 0 Å². The first kappa shape index (κ1) is 12.2. The number of nitrogens with zero attached hydrogens (tertiary/aromatic N) is 1. The number of halogens is 1. The molecule has 0 spiro atoms. The van der Waals surface area contributed by atoms with Crippen LogP contribution in [0.25, 0.3) is 0 Å². The summed E-state index contributed by atoms with van der Waals surface area (Å²) in [6.45, 7) is 1.02. The summed E-state index contributed by atoms with van der Waals surface area (Å²) in [4.78, 5) is 16.3. The number of pyridine rings is 1. The summed E-state index contributed by atoms with van der Waals surface area (Å²) in [6.07, 6.45) is 3.19. The Labute approximate surface area is 118 Å². The molecule has 0 atom stereocenters. The van der Waals surface area contributed by atoms with Crippen LogP contribution in [-0.2, 0) is 0 Å². The molecule has 0 unspecified atom stereocenters. The first-order valence-electron chi connectivity index (χ1n) is 5.79. The van der Waals surface area contributed by atoms with Gasteiger partial charge < -0.3 is 9.47 Å². The van der Waals surface area contributed by atoms with Gasteiger partial charge in [0, 0.05) is 28.0 Å². The SMILES string of the molecule is O=C(c1ccncc1)c1cc2c(cc1Br)OCCO2. The second-order valence-corrected chi connectivity index (χ2v) is 4.90. The first-order chi connectivity index (χ1) is 9.25. The van der Waals surface area contributed by atoms with Crippen molar-refractivity contribution in [1.29, 1.82) is 0 Å². The lowest BCUT2D eigenvalue weighted by Crippen LogP contribution is -2.16. The normalized spacial score (nSPS) is 13.1. The molecule has 2 heterocycles. The number of ketones is 1. The van der Waals surface area contributed by atoms with Gasteiger partial charge in [0.1, 0.15) is 13.2 Å². The molecular weight excluding hydrogens is 310 g/mol. The van der Waals surface area contributed by atoms with Crippen molar-refractivity contribution in [3.05, 3.63) is 52.3 Å². The number of carbonyl (C=O) groups is 1. The molecule has 3 rings (SSSR count). The number of rotatable bonds is 2. The number of benzene rings is 1. The fourth-order valence-electron chi connectivity index (χ4n) is 1.90. The van der Waals surface area contributed by atoms with E-state index in [0.717, 1.165) is 0 Å². The summed E-state index contributed by atoms with van der Waals surface area (Å²) in [5, 5.41) is 0. The minimum atomic E-state index is -0.0775. The maximum atomic E-state index is 12.4. The lowest BCUT2D eigenvalue weighted by Gasteiger charge is -2.19. The van der Waals surface area contributed by atoms with Crippen molar-refractivity contribution in [3.63, 3.8) is 0 Å². The highest BCUT2D eigenvalue weighted by molar-refractivity contribution is 9.10. The zero-order valence-corrected chi connectivity index (χ0v) is 11.5. The highest BCUT2D eigenvalue weighted by Gasteiger charge is 2.19. The molecule has 1 aromatic carbocycles. The van der Waals surface area contributed by atoms with Crippen LogP contribution in [-0.4, -0.2) is 24.0 Å².